The van der Waals surface area contributed by atoms with Crippen LogP contribution in [0.5, 0.6) is 0 Å². The predicted molar refractivity (Wildman–Crippen MR) is 140 cm³/mol. The van der Waals surface area contributed by atoms with Crippen LogP contribution >= 0.6 is 24.0 Å². The summed E-state index contributed by atoms with van der Waals surface area (Å²) in [6.07, 6.45) is 0. The van der Waals surface area contributed by atoms with Crippen LogP contribution in [0, 0.1) is 5.82 Å². The first kappa shape index (κ1) is 27.0. The van der Waals surface area contributed by atoms with Crippen molar-refractivity contribution in [3.8, 4) is 0 Å². The number of carbonyl (C=O) groups is 1. The van der Waals surface area contributed by atoms with Gasteiger partial charge in [0.25, 0.3) is 5.91 Å². The van der Waals surface area contributed by atoms with E-state index in [1.807, 2.05) is 36.4 Å². The van der Waals surface area contributed by atoms with E-state index in [-0.39, 0.29) is 41.7 Å². The van der Waals surface area contributed by atoms with Gasteiger partial charge in [0.2, 0.25) is 0 Å². The largest absolute Gasteiger partial charge is 0.379 e. The van der Waals surface area contributed by atoms with E-state index in [0.717, 1.165) is 24.2 Å². The van der Waals surface area contributed by atoms with Crippen molar-refractivity contribution in [1.29, 1.82) is 0 Å². The molecule has 9 heteroatoms. The highest BCUT2D eigenvalue weighted by Gasteiger charge is 2.23. The summed E-state index contributed by atoms with van der Waals surface area (Å²) < 4.78 is 18.9. The molecule has 2 aromatic rings. The zero-order valence-corrected chi connectivity index (χ0v) is 21.7. The van der Waals surface area contributed by atoms with Crippen LogP contribution in [-0.2, 0) is 11.3 Å². The molecule has 1 unspecified atom stereocenters. The van der Waals surface area contributed by atoms with Crippen LogP contribution in [0.3, 0.4) is 0 Å². The van der Waals surface area contributed by atoms with E-state index in [1.165, 1.54) is 12.1 Å². The van der Waals surface area contributed by atoms with Crippen molar-refractivity contribution < 1.29 is 13.9 Å². The third kappa shape index (κ3) is 7.94. The van der Waals surface area contributed by atoms with Crippen LogP contribution in [0.2, 0.25) is 0 Å². The van der Waals surface area contributed by atoms with Crippen LogP contribution < -0.4 is 10.6 Å². The molecule has 0 radical (unpaired) electrons. The van der Waals surface area contributed by atoms with Crippen molar-refractivity contribution >= 4 is 35.8 Å². The van der Waals surface area contributed by atoms with Gasteiger partial charge >= 0.3 is 0 Å². The van der Waals surface area contributed by atoms with Gasteiger partial charge in [0.1, 0.15) is 5.82 Å². The molecule has 33 heavy (non-hydrogen) atoms. The molecule has 1 saturated heterocycles. The number of nitrogens with one attached hydrogen (secondary N) is 2. The molecule has 1 amide bonds. The highest BCUT2D eigenvalue weighted by atomic mass is 127. The Labute approximate surface area is 212 Å². The number of guanidine groups is 1. The van der Waals surface area contributed by atoms with Crippen molar-refractivity contribution in [2.75, 3.05) is 54.0 Å². The molecule has 2 aromatic carbocycles. The minimum absolute atomic E-state index is 0. The number of morpholine rings is 1. The lowest BCUT2D eigenvalue weighted by molar-refractivity contribution is 0.0170. The molecule has 0 bridgehead atoms. The van der Waals surface area contributed by atoms with E-state index in [1.54, 1.807) is 26.0 Å². The van der Waals surface area contributed by atoms with E-state index >= 15 is 0 Å². The number of aliphatic imine (C=N–C) groups is 1. The molecule has 7 nitrogen and oxygen atoms in total. The second kappa shape index (κ2) is 13.5. The molecule has 2 N–H and O–H groups in total. The number of hydrogen-bond donors (Lipinski definition) is 2. The lowest BCUT2D eigenvalue weighted by Crippen LogP contribution is -2.46. The van der Waals surface area contributed by atoms with Gasteiger partial charge in [-0.2, -0.15) is 0 Å². The van der Waals surface area contributed by atoms with Crippen molar-refractivity contribution in [2.24, 2.45) is 4.99 Å². The van der Waals surface area contributed by atoms with Crippen molar-refractivity contribution in [3.05, 3.63) is 71.0 Å². The SMILES string of the molecule is CN=C(NCc1ccc(C(=O)N(C)C)cc1)NCC(c1ccc(F)cc1)N1CCOCC1.I. The van der Waals surface area contributed by atoms with Crippen LogP contribution in [0.15, 0.2) is 53.5 Å². The summed E-state index contributed by atoms with van der Waals surface area (Å²) in [5, 5.41) is 6.71. The van der Waals surface area contributed by atoms with E-state index < -0.39 is 0 Å². The van der Waals surface area contributed by atoms with E-state index in [2.05, 4.69) is 20.5 Å². The van der Waals surface area contributed by atoms with Crippen LogP contribution in [0.25, 0.3) is 0 Å². The Morgan fingerprint density at radius 3 is 2.30 bits per heavy atom. The maximum atomic E-state index is 13.4. The third-order valence-corrected chi connectivity index (χ3v) is 5.49. The van der Waals surface area contributed by atoms with Gasteiger partial charge in [0, 0.05) is 52.9 Å². The Morgan fingerprint density at radius 2 is 1.73 bits per heavy atom. The van der Waals surface area contributed by atoms with Gasteiger partial charge < -0.3 is 20.3 Å². The lowest BCUT2D eigenvalue weighted by Gasteiger charge is -2.35. The van der Waals surface area contributed by atoms with Crippen molar-refractivity contribution in [3.63, 3.8) is 0 Å². The lowest BCUT2D eigenvalue weighted by atomic mass is 10.0. The monoisotopic (exact) mass is 569 g/mol. The number of amides is 1. The Hall–Kier alpha value is -2.24. The summed E-state index contributed by atoms with van der Waals surface area (Å²) in [6.45, 7) is 4.24. The van der Waals surface area contributed by atoms with E-state index in [4.69, 9.17) is 4.74 Å². The maximum absolute atomic E-state index is 13.4. The van der Waals surface area contributed by atoms with Crippen molar-refractivity contribution in [1.82, 2.24) is 20.4 Å². The molecule has 1 atom stereocenters. The zero-order chi connectivity index (χ0) is 22.9. The molecular weight excluding hydrogens is 536 g/mol. The Kier molecular flexibility index (Phi) is 11.0. The van der Waals surface area contributed by atoms with Gasteiger partial charge in [-0.15, -0.1) is 24.0 Å². The Morgan fingerprint density at radius 1 is 1.09 bits per heavy atom. The summed E-state index contributed by atoms with van der Waals surface area (Å²) in [5.74, 6) is 0.425. The average molecular weight is 569 g/mol. The smallest absolute Gasteiger partial charge is 0.253 e. The van der Waals surface area contributed by atoms with Gasteiger partial charge in [-0.05, 0) is 35.4 Å². The van der Waals surface area contributed by atoms with Gasteiger partial charge in [-0.1, -0.05) is 24.3 Å². The topological polar surface area (TPSA) is 69.2 Å². The number of rotatable bonds is 7. The maximum Gasteiger partial charge on any atom is 0.253 e. The highest BCUT2D eigenvalue weighted by molar-refractivity contribution is 14.0. The minimum Gasteiger partial charge on any atom is -0.379 e. The first-order valence-corrected chi connectivity index (χ1v) is 10.8. The van der Waals surface area contributed by atoms with Crippen LogP contribution in [0.1, 0.15) is 27.5 Å². The quantitative estimate of drug-likeness (QED) is 0.305. The van der Waals surface area contributed by atoms with Gasteiger partial charge in [0.05, 0.1) is 19.3 Å². The summed E-state index contributed by atoms with van der Waals surface area (Å²) in [5.41, 5.74) is 2.76. The zero-order valence-electron chi connectivity index (χ0n) is 19.4. The second-order valence-corrected chi connectivity index (χ2v) is 7.92. The molecule has 180 valence electrons. The number of ether oxygens (including phenoxy) is 1. The standard InChI is InChI=1S/C24H32FN5O2.HI/c1-26-24(27-16-18-4-6-20(7-5-18)23(31)29(2)3)28-17-22(30-12-14-32-15-13-30)19-8-10-21(25)11-9-19;/h4-11,22H,12-17H2,1-3H3,(H2,26,27,28);1H. The molecule has 0 spiro atoms. The molecule has 1 fully saturated rings. The summed E-state index contributed by atoms with van der Waals surface area (Å²) >= 11 is 0. The van der Waals surface area contributed by atoms with E-state index in [0.29, 0.717) is 37.8 Å². The first-order valence-electron chi connectivity index (χ1n) is 10.8. The van der Waals surface area contributed by atoms with Gasteiger partial charge in [-0.3, -0.25) is 14.7 Å². The van der Waals surface area contributed by atoms with Crippen LogP contribution in [0.4, 0.5) is 4.39 Å². The molecule has 1 heterocycles. The predicted octanol–water partition coefficient (Wildman–Crippen LogP) is 2.88. The summed E-state index contributed by atoms with van der Waals surface area (Å²) in [4.78, 5) is 20.3. The Balaban J connectivity index is 0.00000385. The fraction of sp³-hybridized carbons (Fsp3) is 0.417. The second-order valence-electron chi connectivity index (χ2n) is 7.92. The number of hydrogen-bond acceptors (Lipinski definition) is 4. The molecular formula is C24H33FIN5O2. The molecule has 0 aliphatic carbocycles. The molecule has 3 rings (SSSR count). The highest BCUT2D eigenvalue weighted by Crippen LogP contribution is 2.21. The minimum atomic E-state index is -0.238. The van der Waals surface area contributed by atoms with Gasteiger partial charge in [0.15, 0.2) is 5.96 Å². The number of benzene rings is 2. The number of carbonyl (C=O) groups excluding carboxylic acids is 1. The molecule has 0 saturated carbocycles. The average Bonchev–Trinajstić information content (AvgIpc) is 2.82. The number of halogens is 2. The fourth-order valence-electron chi connectivity index (χ4n) is 3.65. The summed E-state index contributed by atoms with van der Waals surface area (Å²) in [6, 6.07) is 14.3. The normalized spacial score (nSPS) is 15.3. The summed E-state index contributed by atoms with van der Waals surface area (Å²) in [7, 11) is 5.21. The van der Waals surface area contributed by atoms with Gasteiger partial charge in [-0.25, -0.2) is 4.39 Å². The third-order valence-electron chi connectivity index (χ3n) is 5.49. The molecule has 1 aliphatic heterocycles. The molecule has 0 aromatic heterocycles. The number of nitrogens with zero attached hydrogens (tertiary/aromatic N) is 3. The van der Waals surface area contributed by atoms with E-state index in [9.17, 15) is 9.18 Å². The Bertz CT molecular complexity index is 900. The molecule has 1 aliphatic rings. The fourth-order valence-corrected chi connectivity index (χ4v) is 3.65. The first-order chi connectivity index (χ1) is 15.5. The van der Waals surface area contributed by atoms with Crippen LogP contribution in [-0.4, -0.2) is 75.7 Å². The van der Waals surface area contributed by atoms with Crippen molar-refractivity contribution in [2.45, 2.75) is 12.6 Å².